The van der Waals surface area contributed by atoms with Gasteiger partial charge in [-0.15, -0.1) is 0 Å². The Balaban J connectivity index is 2.38. The molecule has 0 saturated heterocycles. The standard InChI is InChI=1S/C9H16N4O/c1-7-6-8(2)13(12-7)5-3-4-9(14)11-10/h6H,3-5,10H2,1-2H3,(H,11,14). The third kappa shape index (κ3) is 2.85. The number of carbonyl (C=O) groups is 1. The minimum atomic E-state index is -0.133. The second kappa shape index (κ2) is 4.76. The molecule has 0 bridgehead atoms. The van der Waals surface area contributed by atoms with Gasteiger partial charge in [-0.05, 0) is 26.3 Å². The maximum Gasteiger partial charge on any atom is 0.233 e. The van der Waals surface area contributed by atoms with Crippen molar-refractivity contribution in [2.24, 2.45) is 5.84 Å². The molecular formula is C9H16N4O. The molecule has 1 amide bonds. The monoisotopic (exact) mass is 196 g/mol. The van der Waals surface area contributed by atoms with E-state index in [0.717, 1.165) is 24.4 Å². The molecule has 0 atom stereocenters. The second-order valence-electron chi connectivity index (χ2n) is 3.32. The zero-order chi connectivity index (χ0) is 10.6. The van der Waals surface area contributed by atoms with Gasteiger partial charge in [0.25, 0.3) is 0 Å². The lowest BCUT2D eigenvalue weighted by atomic mass is 10.3. The van der Waals surface area contributed by atoms with Crippen molar-refractivity contribution in [3.63, 3.8) is 0 Å². The van der Waals surface area contributed by atoms with Gasteiger partial charge in [0.1, 0.15) is 0 Å². The molecule has 1 heterocycles. The molecule has 0 radical (unpaired) electrons. The topological polar surface area (TPSA) is 72.9 Å². The molecule has 0 aromatic carbocycles. The molecule has 0 fully saturated rings. The Morgan fingerprint density at radius 2 is 2.36 bits per heavy atom. The van der Waals surface area contributed by atoms with E-state index < -0.39 is 0 Å². The van der Waals surface area contributed by atoms with Gasteiger partial charge in [0.05, 0.1) is 5.69 Å². The average molecular weight is 196 g/mol. The zero-order valence-electron chi connectivity index (χ0n) is 8.58. The second-order valence-corrected chi connectivity index (χ2v) is 3.32. The number of hydrazine groups is 1. The van der Waals surface area contributed by atoms with Gasteiger partial charge < -0.3 is 0 Å². The highest BCUT2D eigenvalue weighted by atomic mass is 16.2. The molecule has 14 heavy (non-hydrogen) atoms. The van der Waals surface area contributed by atoms with Crippen molar-refractivity contribution in [2.45, 2.75) is 33.2 Å². The molecule has 1 aromatic rings. The minimum Gasteiger partial charge on any atom is -0.294 e. The number of rotatable bonds is 4. The van der Waals surface area contributed by atoms with E-state index in [2.05, 4.69) is 10.5 Å². The fraction of sp³-hybridized carbons (Fsp3) is 0.556. The highest BCUT2D eigenvalue weighted by molar-refractivity contribution is 5.74. The first kappa shape index (κ1) is 10.7. The Kier molecular flexibility index (Phi) is 3.64. The molecule has 1 rings (SSSR count). The number of amides is 1. The first-order valence-corrected chi connectivity index (χ1v) is 4.64. The smallest absolute Gasteiger partial charge is 0.233 e. The fourth-order valence-electron chi connectivity index (χ4n) is 1.36. The van der Waals surface area contributed by atoms with Crippen molar-refractivity contribution >= 4 is 5.91 Å². The summed E-state index contributed by atoms with van der Waals surface area (Å²) in [5.41, 5.74) is 4.23. The van der Waals surface area contributed by atoms with Crippen LogP contribution in [0.5, 0.6) is 0 Å². The predicted octanol–water partition coefficient (Wildman–Crippen LogP) is 0.270. The maximum atomic E-state index is 10.8. The Hall–Kier alpha value is -1.36. The highest BCUT2D eigenvalue weighted by Crippen LogP contribution is 2.03. The van der Waals surface area contributed by atoms with E-state index in [1.54, 1.807) is 0 Å². The number of aryl methyl sites for hydroxylation is 3. The summed E-state index contributed by atoms with van der Waals surface area (Å²) in [5, 5.41) is 4.29. The summed E-state index contributed by atoms with van der Waals surface area (Å²) in [7, 11) is 0. The van der Waals surface area contributed by atoms with E-state index in [4.69, 9.17) is 5.84 Å². The lowest BCUT2D eigenvalue weighted by Gasteiger charge is -2.03. The quantitative estimate of drug-likeness (QED) is 0.412. The average Bonchev–Trinajstić information content (AvgIpc) is 2.45. The number of hydrogen-bond acceptors (Lipinski definition) is 3. The van der Waals surface area contributed by atoms with E-state index in [9.17, 15) is 4.79 Å². The summed E-state index contributed by atoms with van der Waals surface area (Å²) in [6.07, 6.45) is 1.19. The summed E-state index contributed by atoms with van der Waals surface area (Å²) in [5.74, 6) is 4.83. The van der Waals surface area contributed by atoms with Gasteiger partial charge in [0.15, 0.2) is 0 Å². The van der Waals surface area contributed by atoms with Gasteiger partial charge >= 0.3 is 0 Å². The van der Waals surface area contributed by atoms with Crippen LogP contribution in [0, 0.1) is 13.8 Å². The number of nitrogens with two attached hydrogens (primary N) is 1. The summed E-state index contributed by atoms with van der Waals surface area (Å²) in [6.45, 7) is 4.71. The largest absolute Gasteiger partial charge is 0.294 e. The number of aromatic nitrogens is 2. The van der Waals surface area contributed by atoms with Crippen molar-refractivity contribution in [1.82, 2.24) is 15.2 Å². The SMILES string of the molecule is Cc1cc(C)n(CCCC(=O)NN)n1. The maximum absolute atomic E-state index is 10.8. The third-order valence-electron chi connectivity index (χ3n) is 2.04. The van der Waals surface area contributed by atoms with Crippen molar-refractivity contribution in [1.29, 1.82) is 0 Å². The fourth-order valence-corrected chi connectivity index (χ4v) is 1.36. The third-order valence-corrected chi connectivity index (χ3v) is 2.04. The van der Waals surface area contributed by atoms with Crippen LogP contribution in [-0.4, -0.2) is 15.7 Å². The molecule has 3 N–H and O–H groups in total. The molecule has 0 spiro atoms. The zero-order valence-corrected chi connectivity index (χ0v) is 8.58. The first-order valence-electron chi connectivity index (χ1n) is 4.64. The van der Waals surface area contributed by atoms with Crippen LogP contribution >= 0.6 is 0 Å². The summed E-state index contributed by atoms with van der Waals surface area (Å²) < 4.78 is 1.90. The summed E-state index contributed by atoms with van der Waals surface area (Å²) in [6, 6.07) is 2.02. The molecule has 5 heteroatoms. The highest BCUT2D eigenvalue weighted by Gasteiger charge is 2.02. The van der Waals surface area contributed by atoms with E-state index in [1.807, 2.05) is 24.6 Å². The molecule has 0 aliphatic rings. The molecule has 0 saturated carbocycles. The lowest BCUT2D eigenvalue weighted by molar-refractivity contribution is -0.121. The van der Waals surface area contributed by atoms with Crippen molar-refractivity contribution in [3.05, 3.63) is 17.5 Å². The van der Waals surface area contributed by atoms with E-state index in [1.165, 1.54) is 0 Å². The van der Waals surface area contributed by atoms with Crippen LogP contribution in [-0.2, 0) is 11.3 Å². The van der Waals surface area contributed by atoms with E-state index in [-0.39, 0.29) is 5.91 Å². The molecule has 5 nitrogen and oxygen atoms in total. The number of hydrogen-bond donors (Lipinski definition) is 2. The van der Waals surface area contributed by atoms with Gasteiger partial charge in [-0.25, -0.2) is 5.84 Å². The van der Waals surface area contributed by atoms with Gasteiger partial charge in [-0.2, -0.15) is 5.10 Å². The summed E-state index contributed by atoms with van der Waals surface area (Å²) >= 11 is 0. The van der Waals surface area contributed by atoms with Gasteiger partial charge in [-0.1, -0.05) is 0 Å². The van der Waals surface area contributed by atoms with E-state index >= 15 is 0 Å². The molecule has 0 aliphatic carbocycles. The molecule has 0 unspecified atom stereocenters. The van der Waals surface area contributed by atoms with Gasteiger partial charge in [0, 0.05) is 18.7 Å². The van der Waals surface area contributed by atoms with Crippen LogP contribution in [0.15, 0.2) is 6.07 Å². The van der Waals surface area contributed by atoms with Crippen molar-refractivity contribution in [3.8, 4) is 0 Å². The van der Waals surface area contributed by atoms with Gasteiger partial charge in [-0.3, -0.25) is 14.9 Å². The van der Waals surface area contributed by atoms with Crippen LogP contribution in [0.4, 0.5) is 0 Å². The predicted molar refractivity (Wildman–Crippen MR) is 53.3 cm³/mol. The number of nitrogens with one attached hydrogen (secondary N) is 1. The van der Waals surface area contributed by atoms with Crippen LogP contribution in [0.25, 0.3) is 0 Å². The van der Waals surface area contributed by atoms with E-state index in [0.29, 0.717) is 6.42 Å². The van der Waals surface area contributed by atoms with Crippen molar-refractivity contribution in [2.75, 3.05) is 0 Å². The normalized spacial score (nSPS) is 10.2. The molecule has 78 valence electrons. The molecule has 1 aromatic heterocycles. The Morgan fingerprint density at radius 1 is 1.64 bits per heavy atom. The Labute approximate surface area is 83.2 Å². The van der Waals surface area contributed by atoms with Crippen LogP contribution < -0.4 is 11.3 Å². The molecular weight excluding hydrogens is 180 g/mol. The van der Waals surface area contributed by atoms with Crippen LogP contribution in [0.1, 0.15) is 24.2 Å². The van der Waals surface area contributed by atoms with Crippen LogP contribution in [0.2, 0.25) is 0 Å². The van der Waals surface area contributed by atoms with Crippen LogP contribution in [0.3, 0.4) is 0 Å². The first-order chi connectivity index (χ1) is 6.63. The number of nitrogens with zero attached hydrogens (tertiary/aromatic N) is 2. The molecule has 0 aliphatic heterocycles. The summed E-state index contributed by atoms with van der Waals surface area (Å²) in [4.78, 5) is 10.8. The lowest BCUT2D eigenvalue weighted by Crippen LogP contribution is -2.29. The Morgan fingerprint density at radius 3 is 2.86 bits per heavy atom. The van der Waals surface area contributed by atoms with Gasteiger partial charge in [0.2, 0.25) is 5.91 Å². The van der Waals surface area contributed by atoms with Crippen molar-refractivity contribution < 1.29 is 4.79 Å². The number of carbonyl (C=O) groups excluding carboxylic acids is 1. The minimum absolute atomic E-state index is 0.133. The Bertz CT molecular complexity index is 319.